The molecule has 2 rings (SSSR count). The number of hydrogen-bond acceptors (Lipinski definition) is 3. The van der Waals surface area contributed by atoms with Crippen LogP contribution in [0.3, 0.4) is 0 Å². The number of hydrogen-bond donors (Lipinski definition) is 1. The van der Waals surface area contributed by atoms with E-state index in [1.165, 1.54) is 4.68 Å². The molecule has 0 aliphatic heterocycles. The quantitative estimate of drug-likeness (QED) is 0.858. The van der Waals surface area contributed by atoms with Crippen molar-refractivity contribution in [3.05, 3.63) is 27.7 Å². The smallest absolute Gasteiger partial charge is 0.267 e. The topological polar surface area (TPSA) is 64.0 Å². The fraction of sp³-hybridized carbons (Fsp3) is 0.643. The number of carbonyl (C=O) groups excluding carboxylic acids is 1. The summed E-state index contributed by atoms with van der Waals surface area (Å²) in [7, 11) is 0. The summed E-state index contributed by atoms with van der Waals surface area (Å²) >= 11 is 0. The van der Waals surface area contributed by atoms with E-state index >= 15 is 0 Å². The lowest BCUT2D eigenvalue weighted by atomic mass is 10.1. The molecule has 0 spiro atoms. The molecule has 5 nitrogen and oxygen atoms in total. The normalized spacial score (nSPS) is 13.6. The van der Waals surface area contributed by atoms with Crippen LogP contribution >= 0.6 is 0 Å². The zero-order chi connectivity index (χ0) is 13.8. The molecule has 0 fully saturated rings. The van der Waals surface area contributed by atoms with E-state index in [1.54, 1.807) is 6.07 Å². The lowest BCUT2D eigenvalue weighted by Crippen LogP contribution is -2.32. The Balaban J connectivity index is 1.90. The molecule has 1 N–H and O–H groups in total. The predicted molar refractivity (Wildman–Crippen MR) is 73.0 cm³/mol. The Morgan fingerprint density at radius 2 is 2.26 bits per heavy atom. The van der Waals surface area contributed by atoms with Crippen LogP contribution in [0, 0.1) is 5.92 Å². The second-order valence-electron chi connectivity index (χ2n) is 5.48. The third-order valence-corrected chi connectivity index (χ3v) is 3.26. The lowest BCUT2D eigenvalue weighted by Gasteiger charge is -2.09. The molecule has 0 aromatic carbocycles. The summed E-state index contributed by atoms with van der Waals surface area (Å²) in [6.07, 6.45) is 3.52. The Labute approximate surface area is 113 Å². The highest BCUT2D eigenvalue weighted by atomic mass is 16.1. The fourth-order valence-corrected chi connectivity index (χ4v) is 2.34. The molecule has 0 atom stereocenters. The molecule has 5 heteroatoms. The van der Waals surface area contributed by atoms with Crippen molar-refractivity contribution in [3.8, 4) is 0 Å². The molecule has 0 unspecified atom stereocenters. The minimum atomic E-state index is -0.0706. The monoisotopic (exact) mass is 263 g/mol. The summed E-state index contributed by atoms with van der Waals surface area (Å²) in [5.41, 5.74) is 2.05. The zero-order valence-electron chi connectivity index (χ0n) is 11.6. The van der Waals surface area contributed by atoms with Crippen LogP contribution in [0.25, 0.3) is 0 Å². The fourth-order valence-electron chi connectivity index (χ4n) is 2.34. The molecule has 1 heterocycles. The van der Waals surface area contributed by atoms with Crippen LogP contribution in [0.1, 0.15) is 37.9 Å². The van der Waals surface area contributed by atoms with Crippen LogP contribution in [0.15, 0.2) is 10.9 Å². The van der Waals surface area contributed by atoms with E-state index in [9.17, 15) is 9.59 Å². The molecule has 1 amide bonds. The van der Waals surface area contributed by atoms with E-state index in [4.69, 9.17) is 0 Å². The molecule has 1 aromatic heterocycles. The van der Waals surface area contributed by atoms with Gasteiger partial charge in [-0.3, -0.25) is 9.59 Å². The highest BCUT2D eigenvalue weighted by molar-refractivity contribution is 5.75. The number of aromatic nitrogens is 2. The summed E-state index contributed by atoms with van der Waals surface area (Å²) in [4.78, 5) is 23.3. The maximum absolute atomic E-state index is 11.8. The van der Waals surface area contributed by atoms with Gasteiger partial charge in [0.1, 0.15) is 0 Å². The third-order valence-electron chi connectivity index (χ3n) is 3.26. The summed E-state index contributed by atoms with van der Waals surface area (Å²) in [5, 5.41) is 7.18. The Morgan fingerprint density at radius 1 is 1.47 bits per heavy atom. The zero-order valence-corrected chi connectivity index (χ0v) is 11.6. The molecule has 0 saturated heterocycles. The lowest BCUT2D eigenvalue weighted by molar-refractivity contribution is -0.121. The number of nitrogens with one attached hydrogen (secondary N) is 1. The molecule has 104 valence electrons. The molecule has 0 radical (unpaired) electrons. The van der Waals surface area contributed by atoms with Crippen molar-refractivity contribution < 1.29 is 4.79 Å². The second-order valence-corrected chi connectivity index (χ2v) is 5.48. The number of nitrogens with zero attached hydrogens (tertiary/aromatic N) is 2. The van der Waals surface area contributed by atoms with Crippen LogP contribution in [-0.4, -0.2) is 22.2 Å². The van der Waals surface area contributed by atoms with Gasteiger partial charge in [0.25, 0.3) is 5.56 Å². The van der Waals surface area contributed by atoms with Crippen molar-refractivity contribution in [2.45, 2.75) is 46.1 Å². The van der Waals surface area contributed by atoms with E-state index < -0.39 is 0 Å². The summed E-state index contributed by atoms with van der Waals surface area (Å²) in [6.45, 7) is 4.91. The van der Waals surface area contributed by atoms with Crippen LogP contribution < -0.4 is 10.9 Å². The van der Waals surface area contributed by atoms with Gasteiger partial charge in [-0.25, -0.2) is 4.68 Å². The Hall–Kier alpha value is -1.65. The highest BCUT2D eigenvalue weighted by Crippen LogP contribution is 2.16. The Bertz CT molecular complexity index is 520. The van der Waals surface area contributed by atoms with Crippen molar-refractivity contribution in [2.24, 2.45) is 5.92 Å². The summed E-state index contributed by atoms with van der Waals surface area (Å²) in [5.74, 6) is 0.380. The average Bonchev–Trinajstić information content (AvgIpc) is 2.75. The summed E-state index contributed by atoms with van der Waals surface area (Å²) in [6, 6.07) is 1.69. The second kappa shape index (κ2) is 5.99. The van der Waals surface area contributed by atoms with Crippen molar-refractivity contribution in [1.82, 2.24) is 15.1 Å². The minimum absolute atomic E-state index is 0.0317. The van der Waals surface area contributed by atoms with Crippen LogP contribution in [-0.2, 0) is 24.2 Å². The first-order chi connectivity index (χ1) is 9.06. The molecule has 19 heavy (non-hydrogen) atoms. The molecule has 1 aliphatic rings. The first-order valence-electron chi connectivity index (χ1n) is 6.93. The van der Waals surface area contributed by atoms with E-state index in [0.717, 1.165) is 30.5 Å². The van der Waals surface area contributed by atoms with Gasteiger partial charge in [-0.05, 0) is 30.7 Å². The van der Waals surface area contributed by atoms with Gasteiger partial charge in [-0.15, -0.1) is 0 Å². The molecule has 1 aromatic rings. The molecule has 0 bridgehead atoms. The number of amides is 1. The van der Waals surface area contributed by atoms with Crippen molar-refractivity contribution in [1.29, 1.82) is 0 Å². The molecule has 1 aliphatic carbocycles. The maximum atomic E-state index is 11.8. The average molecular weight is 263 g/mol. The number of carbonyl (C=O) groups is 1. The highest BCUT2D eigenvalue weighted by Gasteiger charge is 2.14. The Kier molecular flexibility index (Phi) is 4.35. The molecule has 0 saturated carbocycles. The number of rotatable bonds is 5. The van der Waals surface area contributed by atoms with Gasteiger partial charge in [0, 0.05) is 19.0 Å². The first kappa shape index (κ1) is 13.8. The van der Waals surface area contributed by atoms with Crippen LogP contribution in [0.2, 0.25) is 0 Å². The van der Waals surface area contributed by atoms with E-state index in [0.29, 0.717) is 25.4 Å². The predicted octanol–water partition coefficient (Wildman–Crippen LogP) is 0.894. The van der Waals surface area contributed by atoms with Crippen LogP contribution in [0.5, 0.6) is 0 Å². The van der Waals surface area contributed by atoms with Gasteiger partial charge in [0.2, 0.25) is 5.91 Å². The van der Waals surface area contributed by atoms with Gasteiger partial charge in [-0.1, -0.05) is 13.8 Å². The van der Waals surface area contributed by atoms with Gasteiger partial charge in [-0.2, -0.15) is 5.10 Å². The van der Waals surface area contributed by atoms with Crippen molar-refractivity contribution in [2.75, 3.05) is 6.54 Å². The van der Waals surface area contributed by atoms with Gasteiger partial charge in [0.15, 0.2) is 0 Å². The third kappa shape index (κ3) is 3.66. The number of fused-ring (bicyclic) bond motifs is 1. The Morgan fingerprint density at radius 3 is 3.00 bits per heavy atom. The largest absolute Gasteiger partial charge is 0.354 e. The SMILES string of the molecule is CC(C)CC(=O)NCCn1nc2c(cc1=O)CCC2. The van der Waals surface area contributed by atoms with Gasteiger partial charge in [0.05, 0.1) is 12.2 Å². The molecular weight excluding hydrogens is 242 g/mol. The van der Waals surface area contributed by atoms with Gasteiger partial charge >= 0.3 is 0 Å². The summed E-state index contributed by atoms with van der Waals surface area (Å²) < 4.78 is 1.46. The van der Waals surface area contributed by atoms with E-state index in [-0.39, 0.29) is 11.5 Å². The standard InChI is InChI=1S/C14H21N3O2/c1-10(2)8-13(18)15-6-7-17-14(19)9-11-4-3-5-12(11)16-17/h9-10H,3-8H2,1-2H3,(H,15,18). The van der Waals surface area contributed by atoms with E-state index in [1.807, 2.05) is 13.8 Å². The number of aryl methyl sites for hydroxylation is 2. The maximum Gasteiger partial charge on any atom is 0.267 e. The first-order valence-corrected chi connectivity index (χ1v) is 6.93. The van der Waals surface area contributed by atoms with Gasteiger partial charge < -0.3 is 5.32 Å². The minimum Gasteiger partial charge on any atom is -0.354 e. The molecular formula is C14H21N3O2. The van der Waals surface area contributed by atoms with Crippen LogP contribution in [0.4, 0.5) is 0 Å². The van der Waals surface area contributed by atoms with Crippen molar-refractivity contribution in [3.63, 3.8) is 0 Å². The van der Waals surface area contributed by atoms with Crippen molar-refractivity contribution >= 4 is 5.91 Å². The van der Waals surface area contributed by atoms with E-state index in [2.05, 4.69) is 10.4 Å².